The fraction of sp³-hybridized carbons (Fsp3) is 0.333. The average molecular weight is 329 g/mol. The smallest absolute Gasteiger partial charge is 0.240 e. The predicted molar refractivity (Wildman–Crippen MR) is 92.3 cm³/mol. The molecule has 0 saturated carbocycles. The largest absolute Gasteiger partial charge is 0.508 e. The fourth-order valence-electron chi connectivity index (χ4n) is 2.42. The molecule has 2 aromatic rings. The van der Waals surface area contributed by atoms with Gasteiger partial charge >= 0.3 is 0 Å². The lowest BCUT2D eigenvalue weighted by Crippen LogP contribution is -2.47. The maximum atomic E-state index is 11.9. The summed E-state index contributed by atoms with van der Waals surface area (Å²) in [5.41, 5.74) is 8.68. The van der Waals surface area contributed by atoms with Crippen molar-refractivity contribution in [1.82, 2.24) is 10.3 Å². The molecule has 0 aliphatic heterocycles. The Kier molecular flexibility index (Phi) is 5.54. The number of aromatic hydroxyl groups is 1. The zero-order valence-corrected chi connectivity index (χ0v) is 14.0. The summed E-state index contributed by atoms with van der Waals surface area (Å²) in [6, 6.07) is 7.40. The van der Waals surface area contributed by atoms with Crippen LogP contribution in [0.2, 0.25) is 0 Å². The van der Waals surface area contributed by atoms with Crippen molar-refractivity contribution in [3.05, 3.63) is 47.8 Å². The van der Waals surface area contributed by atoms with Crippen LogP contribution in [0.4, 0.5) is 0 Å². The Bertz CT molecular complexity index is 731. The second-order valence-corrected chi connectivity index (χ2v) is 6.11. The Morgan fingerprint density at radius 1 is 1.29 bits per heavy atom. The highest BCUT2D eigenvalue weighted by Crippen LogP contribution is 2.27. The van der Waals surface area contributed by atoms with E-state index < -0.39 is 18.1 Å². The molecule has 1 amide bonds. The molecule has 6 heteroatoms. The van der Waals surface area contributed by atoms with Gasteiger partial charge in [0.05, 0.1) is 5.69 Å². The van der Waals surface area contributed by atoms with Crippen molar-refractivity contribution < 1.29 is 15.0 Å². The molecule has 1 heterocycles. The molecule has 0 bridgehead atoms. The molecule has 24 heavy (non-hydrogen) atoms. The average Bonchev–Trinajstić information content (AvgIpc) is 2.52. The van der Waals surface area contributed by atoms with Gasteiger partial charge in [-0.2, -0.15) is 0 Å². The first-order valence-corrected chi connectivity index (χ1v) is 7.79. The monoisotopic (exact) mass is 329 g/mol. The number of rotatable bonds is 5. The molecule has 0 radical (unpaired) electrons. The number of nitrogens with zero attached hydrogens (tertiary/aromatic N) is 1. The number of carbonyl (C=O) groups is 1. The van der Waals surface area contributed by atoms with Crippen LogP contribution in [0.15, 0.2) is 36.5 Å². The van der Waals surface area contributed by atoms with Gasteiger partial charge in [0.2, 0.25) is 5.91 Å². The summed E-state index contributed by atoms with van der Waals surface area (Å²) in [6.45, 7) is 5.52. The molecule has 2 atom stereocenters. The van der Waals surface area contributed by atoms with E-state index in [0.717, 1.165) is 16.7 Å². The molecule has 2 unspecified atom stereocenters. The van der Waals surface area contributed by atoms with Crippen LogP contribution in [0.25, 0.3) is 11.1 Å². The summed E-state index contributed by atoms with van der Waals surface area (Å²) in [5.74, 6) is -0.252. The van der Waals surface area contributed by atoms with Crippen LogP contribution in [0, 0.1) is 6.92 Å². The second kappa shape index (κ2) is 7.42. The molecule has 128 valence electrons. The first-order valence-electron chi connectivity index (χ1n) is 7.79. The summed E-state index contributed by atoms with van der Waals surface area (Å²) in [7, 11) is 0. The number of hydrogen-bond donors (Lipinski definition) is 4. The van der Waals surface area contributed by atoms with Crippen LogP contribution < -0.4 is 11.1 Å². The van der Waals surface area contributed by atoms with E-state index in [9.17, 15) is 15.0 Å². The van der Waals surface area contributed by atoms with Crippen LogP contribution in [0.5, 0.6) is 5.75 Å². The molecular formula is C18H23N3O3. The highest BCUT2D eigenvalue weighted by atomic mass is 16.3. The summed E-state index contributed by atoms with van der Waals surface area (Å²) >= 11 is 0. The van der Waals surface area contributed by atoms with Gasteiger partial charge in [-0.25, -0.2) is 0 Å². The van der Waals surface area contributed by atoms with E-state index in [1.54, 1.807) is 30.5 Å². The van der Waals surface area contributed by atoms with Gasteiger partial charge < -0.3 is 21.3 Å². The molecule has 1 aromatic heterocycles. The lowest BCUT2D eigenvalue weighted by atomic mass is 9.99. The third-order valence-electron chi connectivity index (χ3n) is 3.67. The lowest BCUT2D eigenvalue weighted by Gasteiger charge is -2.20. The first-order chi connectivity index (χ1) is 11.3. The van der Waals surface area contributed by atoms with E-state index in [1.807, 2.05) is 26.8 Å². The SMILES string of the molecule is Cc1cc(C(O)C(N)C(=O)NC(C)C)ncc1-c1cccc(O)c1. The predicted octanol–water partition coefficient (Wildman–Crippen LogP) is 1.65. The van der Waals surface area contributed by atoms with Crippen molar-refractivity contribution in [2.45, 2.75) is 39.0 Å². The van der Waals surface area contributed by atoms with Crippen molar-refractivity contribution in [2.75, 3.05) is 0 Å². The molecular weight excluding hydrogens is 306 g/mol. The normalized spacial score (nSPS) is 13.6. The number of aliphatic hydroxyl groups excluding tert-OH is 1. The molecule has 2 rings (SSSR count). The summed E-state index contributed by atoms with van der Waals surface area (Å²) in [4.78, 5) is 16.2. The van der Waals surface area contributed by atoms with Crippen molar-refractivity contribution >= 4 is 5.91 Å². The Hall–Kier alpha value is -2.44. The molecule has 6 nitrogen and oxygen atoms in total. The second-order valence-electron chi connectivity index (χ2n) is 6.11. The summed E-state index contributed by atoms with van der Waals surface area (Å²) in [6.07, 6.45) is 0.413. The Balaban J connectivity index is 2.24. The van der Waals surface area contributed by atoms with Crippen molar-refractivity contribution in [3.8, 4) is 16.9 Å². The highest BCUT2D eigenvalue weighted by Gasteiger charge is 2.26. The molecule has 0 aliphatic rings. The van der Waals surface area contributed by atoms with Gasteiger partial charge in [0, 0.05) is 17.8 Å². The molecule has 0 fully saturated rings. The van der Waals surface area contributed by atoms with Crippen LogP contribution in [-0.4, -0.2) is 33.2 Å². The number of pyridine rings is 1. The molecule has 0 spiro atoms. The number of nitrogens with two attached hydrogens (primary N) is 1. The number of hydrogen-bond acceptors (Lipinski definition) is 5. The number of benzene rings is 1. The zero-order chi connectivity index (χ0) is 17.9. The van der Waals surface area contributed by atoms with Gasteiger partial charge in [-0.15, -0.1) is 0 Å². The number of phenolic OH excluding ortho intramolecular Hbond substituents is 1. The van der Waals surface area contributed by atoms with E-state index in [-0.39, 0.29) is 11.8 Å². The molecule has 1 aromatic carbocycles. The van der Waals surface area contributed by atoms with Crippen LogP contribution in [-0.2, 0) is 4.79 Å². The first kappa shape index (κ1) is 17.9. The summed E-state index contributed by atoms with van der Waals surface area (Å²) < 4.78 is 0. The van der Waals surface area contributed by atoms with E-state index in [4.69, 9.17) is 5.73 Å². The standard InChI is InChI=1S/C18H23N3O3/c1-10(2)21-18(24)16(19)17(23)15-7-11(3)14(9-20-15)12-5-4-6-13(22)8-12/h4-10,16-17,22-23H,19H2,1-3H3,(H,21,24). The van der Waals surface area contributed by atoms with E-state index in [1.165, 1.54) is 0 Å². The van der Waals surface area contributed by atoms with Gasteiger partial charge in [0.15, 0.2) is 0 Å². The quantitative estimate of drug-likeness (QED) is 0.667. The zero-order valence-electron chi connectivity index (χ0n) is 14.0. The van der Waals surface area contributed by atoms with Gasteiger partial charge in [-0.05, 0) is 50.1 Å². The van der Waals surface area contributed by atoms with E-state index >= 15 is 0 Å². The number of carbonyl (C=O) groups excluding carboxylic acids is 1. The fourth-order valence-corrected chi connectivity index (χ4v) is 2.42. The number of amides is 1. The van der Waals surface area contributed by atoms with Gasteiger partial charge in [0.1, 0.15) is 17.9 Å². The van der Waals surface area contributed by atoms with Crippen LogP contribution >= 0.6 is 0 Å². The van der Waals surface area contributed by atoms with Crippen LogP contribution in [0.3, 0.4) is 0 Å². The topological polar surface area (TPSA) is 108 Å². The van der Waals surface area contributed by atoms with Crippen molar-refractivity contribution in [3.63, 3.8) is 0 Å². The number of aliphatic hydroxyl groups is 1. The minimum Gasteiger partial charge on any atom is -0.508 e. The highest BCUT2D eigenvalue weighted by molar-refractivity contribution is 5.82. The minimum atomic E-state index is -1.19. The summed E-state index contributed by atoms with van der Waals surface area (Å²) in [5, 5.41) is 22.6. The Morgan fingerprint density at radius 3 is 2.58 bits per heavy atom. The van der Waals surface area contributed by atoms with E-state index in [0.29, 0.717) is 5.69 Å². The maximum Gasteiger partial charge on any atom is 0.240 e. The van der Waals surface area contributed by atoms with Crippen LogP contribution in [0.1, 0.15) is 31.2 Å². The van der Waals surface area contributed by atoms with E-state index in [2.05, 4.69) is 10.3 Å². The Morgan fingerprint density at radius 2 is 2.00 bits per heavy atom. The maximum absolute atomic E-state index is 11.9. The van der Waals surface area contributed by atoms with Gasteiger partial charge in [0.25, 0.3) is 0 Å². The van der Waals surface area contributed by atoms with Crippen molar-refractivity contribution in [2.24, 2.45) is 5.73 Å². The Labute approximate surface area is 141 Å². The van der Waals surface area contributed by atoms with Gasteiger partial charge in [-0.3, -0.25) is 9.78 Å². The molecule has 0 saturated heterocycles. The number of aryl methyl sites for hydroxylation is 1. The lowest BCUT2D eigenvalue weighted by molar-refractivity contribution is -0.125. The van der Waals surface area contributed by atoms with Crippen molar-refractivity contribution in [1.29, 1.82) is 0 Å². The van der Waals surface area contributed by atoms with Gasteiger partial charge in [-0.1, -0.05) is 12.1 Å². The minimum absolute atomic E-state index is 0.0569. The third kappa shape index (κ3) is 4.10. The number of phenols is 1. The molecule has 0 aliphatic carbocycles. The molecule has 5 N–H and O–H groups in total. The third-order valence-corrected chi connectivity index (χ3v) is 3.67. The number of nitrogens with one attached hydrogen (secondary N) is 1. The number of aromatic nitrogens is 1.